The molecule has 5 rings (SSSR count). The Morgan fingerprint density at radius 3 is 2.53 bits per heavy atom. The molecule has 164 valence electrons. The van der Waals surface area contributed by atoms with Gasteiger partial charge in [0.15, 0.2) is 11.6 Å². The molecule has 1 aromatic carbocycles. The van der Waals surface area contributed by atoms with Gasteiger partial charge in [0.2, 0.25) is 11.8 Å². The van der Waals surface area contributed by atoms with Crippen molar-refractivity contribution in [1.29, 1.82) is 0 Å². The molecule has 32 heavy (non-hydrogen) atoms. The lowest BCUT2D eigenvalue weighted by Gasteiger charge is -2.42. The highest BCUT2D eigenvalue weighted by Gasteiger charge is 2.56. The molecule has 0 aromatic heterocycles. The Balaban J connectivity index is 1.73. The smallest absolute Gasteiger partial charge is 0.233 e. The minimum atomic E-state index is -0.607. The van der Waals surface area contributed by atoms with E-state index in [0.717, 1.165) is 5.57 Å². The molecule has 1 aromatic rings. The Bertz CT molecular complexity index is 1200. The minimum absolute atomic E-state index is 0.0866. The Hall–Kier alpha value is -3.28. The van der Waals surface area contributed by atoms with Crippen molar-refractivity contribution >= 4 is 23.4 Å². The van der Waals surface area contributed by atoms with Crippen molar-refractivity contribution in [3.63, 3.8) is 0 Å². The number of hydrogen-bond donors (Lipinski definition) is 1. The third kappa shape index (κ3) is 2.65. The Morgan fingerprint density at radius 1 is 1.06 bits per heavy atom. The van der Waals surface area contributed by atoms with Crippen LogP contribution in [0.4, 0.5) is 0 Å². The molecule has 1 saturated heterocycles. The molecule has 1 fully saturated rings. The molecule has 4 aliphatic rings. The monoisotopic (exact) mass is 431 g/mol. The lowest BCUT2D eigenvalue weighted by atomic mass is 9.59. The van der Waals surface area contributed by atoms with Gasteiger partial charge in [-0.25, -0.2) is 0 Å². The molecule has 0 bridgehead atoms. The van der Waals surface area contributed by atoms with Crippen LogP contribution < -0.4 is 0 Å². The maximum atomic E-state index is 13.2. The Morgan fingerprint density at radius 2 is 1.81 bits per heavy atom. The third-order valence-electron chi connectivity index (χ3n) is 7.55. The molecule has 3 aliphatic carbocycles. The third-order valence-corrected chi connectivity index (χ3v) is 7.55. The molecule has 4 atom stereocenters. The molecule has 6 nitrogen and oxygen atoms in total. The quantitative estimate of drug-likeness (QED) is 0.441. The lowest BCUT2D eigenvalue weighted by molar-refractivity contribution is -0.139. The summed E-state index contributed by atoms with van der Waals surface area (Å²) in [5.41, 5.74) is 3.28. The van der Waals surface area contributed by atoms with Gasteiger partial charge in [-0.05, 0) is 51.2 Å². The van der Waals surface area contributed by atoms with E-state index < -0.39 is 17.8 Å². The fraction of sp³-hybridized carbons (Fsp3) is 0.385. The number of amides is 2. The second-order valence-electron chi connectivity index (χ2n) is 9.16. The second kappa shape index (κ2) is 7.12. The first-order chi connectivity index (χ1) is 15.3. The number of phenolic OH excluding ortho intramolecular Hbond substituents is 1. The molecule has 2 amide bonds. The molecular weight excluding hydrogens is 406 g/mol. The summed E-state index contributed by atoms with van der Waals surface area (Å²) in [6, 6.07) is 5.38. The van der Waals surface area contributed by atoms with Gasteiger partial charge in [-0.2, -0.15) is 0 Å². The fourth-order valence-corrected chi connectivity index (χ4v) is 6.03. The van der Waals surface area contributed by atoms with Crippen LogP contribution in [0.1, 0.15) is 43.7 Å². The number of imide groups is 1. The Kier molecular flexibility index (Phi) is 4.59. The number of allylic oxidation sites excluding steroid dienone is 6. The summed E-state index contributed by atoms with van der Waals surface area (Å²) in [5, 5.41) is 10.9. The maximum absolute atomic E-state index is 13.2. The van der Waals surface area contributed by atoms with E-state index in [4.69, 9.17) is 0 Å². The highest BCUT2D eigenvalue weighted by molar-refractivity contribution is 6.23. The summed E-state index contributed by atoms with van der Waals surface area (Å²) in [5.74, 6) is -2.63. The number of benzene rings is 1. The number of phenols is 1. The van der Waals surface area contributed by atoms with Crippen LogP contribution >= 0.6 is 0 Å². The van der Waals surface area contributed by atoms with Crippen LogP contribution in [0.2, 0.25) is 0 Å². The molecule has 1 heterocycles. The van der Waals surface area contributed by atoms with Crippen molar-refractivity contribution in [3.05, 3.63) is 63.8 Å². The SMILES string of the molecule is CCN1C(=O)[C@H]2[C@H](CC=C3[C@H](c4cccc(C)c4O)C4=C(C[C@H]32)C(=O)C(C)=CC4=O)C1=O. The van der Waals surface area contributed by atoms with Gasteiger partial charge in [0.25, 0.3) is 0 Å². The number of aryl methyl sites for hydroxylation is 1. The highest BCUT2D eigenvalue weighted by atomic mass is 16.3. The number of aromatic hydroxyl groups is 1. The first-order valence-electron chi connectivity index (χ1n) is 11.1. The van der Waals surface area contributed by atoms with Crippen LogP contribution in [0.5, 0.6) is 5.75 Å². The number of carbonyl (C=O) groups excluding carboxylic acids is 4. The van der Waals surface area contributed by atoms with Crippen molar-refractivity contribution in [2.45, 2.75) is 39.5 Å². The summed E-state index contributed by atoms with van der Waals surface area (Å²) < 4.78 is 0. The van der Waals surface area contributed by atoms with Crippen LogP contribution in [0, 0.1) is 24.7 Å². The van der Waals surface area contributed by atoms with Gasteiger partial charge in [-0.1, -0.05) is 29.8 Å². The predicted octanol–water partition coefficient (Wildman–Crippen LogP) is 3.15. The van der Waals surface area contributed by atoms with Crippen molar-refractivity contribution in [3.8, 4) is 5.75 Å². The summed E-state index contributed by atoms with van der Waals surface area (Å²) in [4.78, 5) is 53.7. The fourth-order valence-electron chi connectivity index (χ4n) is 6.03. The van der Waals surface area contributed by atoms with Gasteiger partial charge in [0.1, 0.15) is 5.75 Å². The number of ketones is 2. The topological polar surface area (TPSA) is 91.8 Å². The molecule has 0 spiro atoms. The summed E-state index contributed by atoms with van der Waals surface area (Å²) in [6.45, 7) is 5.52. The molecule has 0 saturated carbocycles. The highest BCUT2D eigenvalue weighted by Crippen LogP contribution is 2.56. The zero-order valence-electron chi connectivity index (χ0n) is 18.3. The number of fused-ring (bicyclic) bond motifs is 3. The van der Waals surface area contributed by atoms with Gasteiger partial charge in [0, 0.05) is 34.7 Å². The predicted molar refractivity (Wildman–Crippen MR) is 117 cm³/mol. The first kappa shape index (κ1) is 20.6. The van der Waals surface area contributed by atoms with Gasteiger partial charge in [-0.3, -0.25) is 24.1 Å². The lowest BCUT2D eigenvalue weighted by Crippen LogP contribution is -2.39. The largest absolute Gasteiger partial charge is 0.507 e. The molecular formula is C26H25NO5. The molecule has 0 unspecified atom stereocenters. The average Bonchev–Trinajstić information content (AvgIpc) is 3.02. The van der Waals surface area contributed by atoms with Crippen LogP contribution in [0.15, 0.2) is 52.6 Å². The number of carbonyl (C=O) groups is 4. The number of para-hydroxylation sites is 1. The minimum Gasteiger partial charge on any atom is -0.507 e. The van der Waals surface area contributed by atoms with Crippen LogP contribution in [-0.4, -0.2) is 39.9 Å². The molecule has 6 heteroatoms. The number of rotatable bonds is 2. The zero-order chi connectivity index (χ0) is 22.9. The molecule has 1 N–H and O–H groups in total. The van der Waals surface area contributed by atoms with Crippen molar-refractivity contribution in [1.82, 2.24) is 4.90 Å². The van der Waals surface area contributed by atoms with E-state index in [1.807, 2.05) is 12.1 Å². The van der Waals surface area contributed by atoms with Crippen molar-refractivity contribution in [2.75, 3.05) is 6.54 Å². The van der Waals surface area contributed by atoms with E-state index in [0.29, 0.717) is 40.8 Å². The van der Waals surface area contributed by atoms with Crippen molar-refractivity contribution in [2.24, 2.45) is 17.8 Å². The molecule has 1 aliphatic heterocycles. The van der Waals surface area contributed by atoms with E-state index >= 15 is 0 Å². The van der Waals surface area contributed by atoms with Crippen LogP contribution in [-0.2, 0) is 19.2 Å². The van der Waals surface area contributed by atoms with Gasteiger partial charge < -0.3 is 5.11 Å². The van der Waals surface area contributed by atoms with Gasteiger partial charge in [0.05, 0.1) is 11.8 Å². The van der Waals surface area contributed by atoms with E-state index in [1.165, 1.54) is 11.0 Å². The summed E-state index contributed by atoms with van der Waals surface area (Å²) in [7, 11) is 0. The normalized spacial score (nSPS) is 29.5. The number of nitrogens with zero attached hydrogens (tertiary/aromatic N) is 1. The van der Waals surface area contributed by atoms with Crippen LogP contribution in [0.3, 0.4) is 0 Å². The Labute approximate surface area is 186 Å². The zero-order valence-corrected chi connectivity index (χ0v) is 18.3. The van der Waals surface area contributed by atoms with E-state index in [-0.39, 0.29) is 41.5 Å². The average molecular weight is 431 g/mol. The van der Waals surface area contributed by atoms with E-state index in [2.05, 4.69) is 0 Å². The van der Waals surface area contributed by atoms with E-state index in [1.54, 1.807) is 32.9 Å². The number of hydrogen-bond acceptors (Lipinski definition) is 5. The van der Waals surface area contributed by atoms with Gasteiger partial charge in [-0.15, -0.1) is 0 Å². The summed E-state index contributed by atoms with van der Waals surface area (Å²) >= 11 is 0. The molecule has 0 radical (unpaired) electrons. The maximum Gasteiger partial charge on any atom is 0.233 e. The second-order valence-corrected chi connectivity index (χ2v) is 9.16. The van der Waals surface area contributed by atoms with E-state index in [9.17, 15) is 24.3 Å². The number of Topliss-reactive ketones (excluding diaryl/α,β-unsaturated/α-hetero) is 1. The first-order valence-corrected chi connectivity index (χ1v) is 11.1. The van der Waals surface area contributed by atoms with Crippen LogP contribution in [0.25, 0.3) is 0 Å². The standard InChI is InChI=1S/C26H25NO5/c1-4-27-25(31)16-9-8-14-17(21(16)26(27)32)11-18-22(19(28)10-13(3)24(18)30)20(14)15-7-5-6-12(2)23(15)29/h5-8,10,16-17,20-21,29H,4,9,11H2,1-3H3/t16-,17+,20+,21-/m0/s1. The van der Waals surface area contributed by atoms with Gasteiger partial charge >= 0.3 is 0 Å². The number of likely N-dealkylation sites (tertiary alicyclic amines) is 1. The van der Waals surface area contributed by atoms with Crippen molar-refractivity contribution < 1.29 is 24.3 Å². The summed E-state index contributed by atoms with van der Waals surface area (Å²) in [6.07, 6.45) is 4.02.